The van der Waals surface area contributed by atoms with Gasteiger partial charge in [0.1, 0.15) is 0 Å². The molecule has 0 nitrogen and oxygen atoms in total. The number of halogens is 2. The SMILES string of the molecule is CC1(Cc2cc3c(-c4ccccc4)cccc3[cH-]2)CCCC1.CC1(Cc2cc3c(-c4ccccc4)cccc3[cH-]2)CCCC1.Cl.Cl.[CH3-].[CH3-].[Si]=[Zr]. The summed E-state index contributed by atoms with van der Waals surface area (Å²) in [5.74, 6) is 0. The summed E-state index contributed by atoms with van der Waals surface area (Å²) >= 11 is 1.36. The molecule has 0 amide bonds. The first kappa shape index (κ1) is 43.9. The number of fused-ring (bicyclic) bond motifs is 2. The Balaban J connectivity index is 0.000000307. The number of hydrogen-bond donors (Lipinski definition) is 0. The summed E-state index contributed by atoms with van der Waals surface area (Å²) in [7, 11) is 0. The van der Waals surface area contributed by atoms with Gasteiger partial charge in [-0.05, 0) is 60.5 Å². The fourth-order valence-electron chi connectivity index (χ4n) is 8.33. The van der Waals surface area contributed by atoms with Gasteiger partial charge in [-0.25, -0.2) is 0 Å². The molecule has 264 valence electrons. The van der Waals surface area contributed by atoms with Gasteiger partial charge in [0, 0.05) is 0 Å². The normalized spacial score (nSPS) is 15.1. The predicted molar refractivity (Wildman–Crippen MR) is 224 cm³/mol. The van der Waals surface area contributed by atoms with Crippen molar-refractivity contribution in [3.05, 3.63) is 147 Å². The Kier molecular flexibility index (Phi) is 17.7. The zero-order valence-electron chi connectivity index (χ0n) is 30.4. The van der Waals surface area contributed by atoms with Crippen molar-refractivity contribution in [2.45, 2.75) is 78.1 Å². The van der Waals surface area contributed by atoms with Crippen LogP contribution in [0.25, 0.3) is 43.8 Å². The summed E-state index contributed by atoms with van der Waals surface area (Å²) in [6.45, 7) is 8.00. The molecule has 4 heteroatoms. The van der Waals surface area contributed by atoms with Gasteiger partial charge in [-0.1, -0.05) is 123 Å². The van der Waals surface area contributed by atoms with Crippen LogP contribution in [0.1, 0.15) is 76.3 Å². The number of benzene rings is 4. The van der Waals surface area contributed by atoms with E-state index in [2.05, 4.69) is 142 Å². The van der Waals surface area contributed by atoms with Crippen LogP contribution in [0.2, 0.25) is 0 Å². The minimum atomic E-state index is 0. The average Bonchev–Trinajstić information content (AvgIpc) is 3.90. The van der Waals surface area contributed by atoms with E-state index in [1.807, 2.05) is 0 Å². The van der Waals surface area contributed by atoms with Gasteiger partial charge in [0.15, 0.2) is 0 Å². The zero-order valence-corrected chi connectivity index (χ0v) is 35.5. The van der Waals surface area contributed by atoms with E-state index in [-0.39, 0.29) is 39.7 Å². The molecule has 6 aromatic rings. The monoisotopic (exact) mass is 794 g/mol. The molecule has 2 fully saturated rings. The first-order chi connectivity index (χ1) is 22.5. The molecule has 0 aromatic heterocycles. The molecule has 2 radical (unpaired) electrons. The molecular weight excluding hydrogens is 743 g/mol. The molecule has 2 aliphatic rings. The van der Waals surface area contributed by atoms with E-state index >= 15 is 0 Å². The van der Waals surface area contributed by atoms with Crippen LogP contribution < -0.4 is 0 Å². The fraction of sp³-hybridized carbons (Fsp3) is 0.304. The quantitative estimate of drug-likeness (QED) is 0.116. The van der Waals surface area contributed by atoms with Gasteiger partial charge < -0.3 is 14.9 Å². The third kappa shape index (κ3) is 10.4. The summed E-state index contributed by atoms with van der Waals surface area (Å²) < 4.78 is 0. The van der Waals surface area contributed by atoms with E-state index in [9.17, 15) is 0 Å². The summed E-state index contributed by atoms with van der Waals surface area (Å²) in [5.41, 5.74) is 9.44. The minimum absolute atomic E-state index is 0. The summed E-state index contributed by atoms with van der Waals surface area (Å²) in [4.78, 5) is 0. The number of rotatable bonds is 6. The van der Waals surface area contributed by atoms with Gasteiger partial charge >= 0.3 is 30.2 Å². The third-order valence-corrected chi connectivity index (χ3v) is 10.7. The van der Waals surface area contributed by atoms with Crippen LogP contribution in [-0.2, 0) is 36.2 Å². The Morgan fingerprint density at radius 3 is 1.20 bits per heavy atom. The Morgan fingerprint density at radius 2 is 0.860 bits per heavy atom. The van der Waals surface area contributed by atoms with E-state index in [0.717, 1.165) is 0 Å². The molecular formula is C46H54Cl2SiZr-4. The maximum atomic E-state index is 3.06. The molecule has 0 bridgehead atoms. The molecule has 0 aliphatic heterocycles. The van der Waals surface area contributed by atoms with Crippen molar-refractivity contribution in [1.29, 1.82) is 0 Å². The van der Waals surface area contributed by atoms with Gasteiger partial charge in [-0.15, -0.1) is 93.9 Å². The molecule has 6 aromatic carbocycles. The van der Waals surface area contributed by atoms with Crippen LogP contribution in [0, 0.1) is 25.7 Å². The Bertz CT molecular complexity index is 1720. The topological polar surface area (TPSA) is 0 Å². The third-order valence-electron chi connectivity index (χ3n) is 10.7. The average molecular weight is 797 g/mol. The van der Waals surface area contributed by atoms with Crippen LogP contribution in [0.4, 0.5) is 0 Å². The van der Waals surface area contributed by atoms with E-state index in [0.29, 0.717) is 10.8 Å². The zero-order chi connectivity index (χ0) is 32.0. The van der Waals surface area contributed by atoms with Gasteiger partial charge in [-0.3, -0.25) is 0 Å². The molecule has 0 spiro atoms. The van der Waals surface area contributed by atoms with Crippen molar-refractivity contribution in [1.82, 2.24) is 0 Å². The second-order valence-electron chi connectivity index (χ2n) is 14.5. The molecule has 8 rings (SSSR count). The van der Waals surface area contributed by atoms with E-state index in [4.69, 9.17) is 0 Å². The molecule has 2 saturated carbocycles. The molecule has 2 aliphatic carbocycles. The number of hydrogen-bond acceptors (Lipinski definition) is 0. The maximum absolute atomic E-state index is 3.06. The molecule has 0 heterocycles. The first-order valence-electron chi connectivity index (χ1n) is 17.2. The predicted octanol–water partition coefficient (Wildman–Crippen LogP) is 14.1. The van der Waals surface area contributed by atoms with Crippen LogP contribution in [0.5, 0.6) is 0 Å². The molecule has 0 atom stereocenters. The van der Waals surface area contributed by atoms with Crippen molar-refractivity contribution in [2.75, 3.05) is 0 Å². The standard InChI is InChI=1S/2C22H23.2CH3.2ClH.Si.Zr/c2*1-22(12-5-6-13-22)16-17-14-19-10-7-11-20(21(19)15-17)18-8-3-2-4-9-18;;;;;;/h2*2-4,7-11,14-15H,5-6,12-13,16H2,1H3;2*1H3;2*1H;;/q4*-1;;;;. The molecule has 50 heavy (non-hydrogen) atoms. The van der Waals surface area contributed by atoms with Crippen molar-refractivity contribution in [2.24, 2.45) is 10.8 Å². The van der Waals surface area contributed by atoms with Crippen LogP contribution in [0.3, 0.4) is 0 Å². The Hall–Kier alpha value is -2.22. The summed E-state index contributed by atoms with van der Waals surface area (Å²) in [6, 6.07) is 44.5. The second kappa shape index (κ2) is 20.1. The van der Waals surface area contributed by atoms with Crippen LogP contribution in [-0.4, -0.2) is 6.88 Å². The van der Waals surface area contributed by atoms with Gasteiger partial charge in [0.25, 0.3) is 0 Å². The van der Waals surface area contributed by atoms with Crippen molar-refractivity contribution >= 4 is 53.2 Å². The molecule has 0 saturated heterocycles. The summed E-state index contributed by atoms with van der Waals surface area (Å²) in [6.07, 6.45) is 13.7. The second-order valence-corrected chi connectivity index (χ2v) is 14.5. The Labute approximate surface area is 332 Å². The van der Waals surface area contributed by atoms with Crippen LogP contribution in [0.15, 0.2) is 121 Å². The molecule has 0 unspecified atom stereocenters. The van der Waals surface area contributed by atoms with E-state index in [1.54, 1.807) is 0 Å². The van der Waals surface area contributed by atoms with Crippen molar-refractivity contribution in [3.63, 3.8) is 0 Å². The van der Waals surface area contributed by atoms with Gasteiger partial charge in [0.2, 0.25) is 0 Å². The molecule has 0 N–H and O–H groups in total. The van der Waals surface area contributed by atoms with Crippen molar-refractivity contribution < 1.29 is 23.3 Å². The fourth-order valence-corrected chi connectivity index (χ4v) is 8.33. The Morgan fingerprint density at radius 1 is 0.520 bits per heavy atom. The first-order valence-corrected chi connectivity index (χ1v) is 21.4. The van der Waals surface area contributed by atoms with E-state index in [1.165, 1.54) is 142 Å². The van der Waals surface area contributed by atoms with Gasteiger partial charge in [-0.2, -0.15) is 12.1 Å². The van der Waals surface area contributed by atoms with E-state index < -0.39 is 0 Å². The van der Waals surface area contributed by atoms with Gasteiger partial charge in [0.05, 0.1) is 0 Å². The summed E-state index contributed by atoms with van der Waals surface area (Å²) in [5, 5.41) is 5.59. The van der Waals surface area contributed by atoms with Crippen LogP contribution >= 0.6 is 24.8 Å². The van der Waals surface area contributed by atoms with Crippen molar-refractivity contribution in [3.8, 4) is 22.3 Å².